The molecule has 0 heterocycles. The highest BCUT2D eigenvalue weighted by molar-refractivity contribution is 5.28. The third-order valence-electron chi connectivity index (χ3n) is 2.12. The van der Waals surface area contributed by atoms with E-state index in [1.165, 1.54) is 12.1 Å². The molecule has 0 aliphatic heterocycles. The van der Waals surface area contributed by atoms with E-state index in [-0.39, 0.29) is 5.92 Å². The van der Waals surface area contributed by atoms with Gasteiger partial charge in [-0.15, -0.1) is 0 Å². The molecule has 0 saturated heterocycles. The highest BCUT2D eigenvalue weighted by Crippen LogP contribution is 2.30. The van der Waals surface area contributed by atoms with E-state index in [4.69, 9.17) is 10.5 Å². The summed E-state index contributed by atoms with van der Waals surface area (Å²) in [5.74, 6) is 0.607. The number of hydrogen-bond donors (Lipinski definition) is 1. The van der Waals surface area contributed by atoms with Crippen LogP contribution in [0.1, 0.15) is 12.5 Å². The summed E-state index contributed by atoms with van der Waals surface area (Å²) in [6, 6.07) is 4.63. The average Bonchev–Trinajstić information content (AvgIpc) is 2.25. The van der Waals surface area contributed by atoms with Gasteiger partial charge >= 0.3 is 6.18 Å². The molecule has 0 bridgehead atoms. The molecular formula is C11H14F3NO. The third kappa shape index (κ3) is 3.73. The van der Waals surface area contributed by atoms with Gasteiger partial charge in [-0.25, -0.2) is 0 Å². The summed E-state index contributed by atoms with van der Waals surface area (Å²) in [6.45, 7) is 2.80. The van der Waals surface area contributed by atoms with E-state index in [9.17, 15) is 13.2 Å². The lowest BCUT2D eigenvalue weighted by atomic mass is 10.2. The van der Waals surface area contributed by atoms with Gasteiger partial charge in [0.1, 0.15) is 5.75 Å². The lowest BCUT2D eigenvalue weighted by Crippen LogP contribution is -2.18. The zero-order valence-corrected chi connectivity index (χ0v) is 8.92. The van der Waals surface area contributed by atoms with Crippen LogP contribution in [-0.4, -0.2) is 13.2 Å². The van der Waals surface area contributed by atoms with Crippen LogP contribution in [-0.2, 0) is 6.18 Å². The monoisotopic (exact) mass is 233 g/mol. The SMILES string of the molecule is CC(CN)COc1ccc(C(F)(F)F)cc1. The number of rotatable bonds is 4. The summed E-state index contributed by atoms with van der Waals surface area (Å²) >= 11 is 0. The first-order chi connectivity index (χ1) is 7.43. The third-order valence-corrected chi connectivity index (χ3v) is 2.12. The van der Waals surface area contributed by atoms with Gasteiger partial charge in [-0.1, -0.05) is 6.92 Å². The van der Waals surface area contributed by atoms with Crippen LogP contribution >= 0.6 is 0 Å². The molecule has 90 valence electrons. The Morgan fingerprint density at radius 2 is 1.81 bits per heavy atom. The molecule has 1 aromatic rings. The second kappa shape index (κ2) is 5.21. The number of halogens is 3. The summed E-state index contributed by atoms with van der Waals surface area (Å²) in [7, 11) is 0. The molecule has 5 heteroatoms. The molecular weight excluding hydrogens is 219 g/mol. The Hall–Kier alpha value is -1.23. The van der Waals surface area contributed by atoms with Crippen molar-refractivity contribution in [1.29, 1.82) is 0 Å². The highest BCUT2D eigenvalue weighted by atomic mass is 19.4. The van der Waals surface area contributed by atoms with E-state index in [0.717, 1.165) is 12.1 Å². The van der Waals surface area contributed by atoms with Crippen molar-refractivity contribution in [2.75, 3.05) is 13.2 Å². The van der Waals surface area contributed by atoms with Gasteiger partial charge in [0.15, 0.2) is 0 Å². The van der Waals surface area contributed by atoms with Crippen molar-refractivity contribution in [1.82, 2.24) is 0 Å². The molecule has 0 aliphatic rings. The van der Waals surface area contributed by atoms with Crippen molar-refractivity contribution in [3.8, 4) is 5.75 Å². The largest absolute Gasteiger partial charge is 0.493 e. The number of hydrogen-bond acceptors (Lipinski definition) is 2. The predicted octanol–water partition coefficient (Wildman–Crippen LogP) is 2.68. The van der Waals surface area contributed by atoms with Gasteiger partial charge in [0, 0.05) is 5.92 Å². The van der Waals surface area contributed by atoms with Gasteiger partial charge in [-0.2, -0.15) is 13.2 Å². The summed E-state index contributed by atoms with van der Waals surface area (Å²) in [5, 5.41) is 0. The highest BCUT2D eigenvalue weighted by Gasteiger charge is 2.29. The molecule has 1 aromatic carbocycles. The lowest BCUT2D eigenvalue weighted by molar-refractivity contribution is -0.137. The second-order valence-electron chi connectivity index (χ2n) is 3.67. The molecule has 0 saturated carbocycles. The summed E-state index contributed by atoms with van der Waals surface area (Å²) < 4.78 is 42.0. The van der Waals surface area contributed by atoms with Crippen LogP contribution < -0.4 is 10.5 Å². The Labute approximate surface area is 92.2 Å². The van der Waals surface area contributed by atoms with E-state index in [1.54, 1.807) is 0 Å². The van der Waals surface area contributed by atoms with E-state index in [2.05, 4.69) is 0 Å². The number of ether oxygens (including phenoxy) is 1. The van der Waals surface area contributed by atoms with Gasteiger partial charge in [0.05, 0.1) is 12.2 Å². The molecule has 2 nitrogen and oxygen atoms in total. The molecule has 0 radical (unpaired) electrons. The van der Waals surface area contributed by atoms with Crippen LogP contribution in [0, 0.1) is 5.92 Å². The Morgan fingerprint density at radius 3 is 2.25 bits per heavy atom. The van der Waals surface area contributed by atoms with E-state index in [0.29, 0.717) is 18.9 Å². The van der Waals surface area contributed by atoms with Crippen molar-refractivity contribution in [3.63, 3.8) is 0 Å². The first kappa shape index (κ1) is 12.8. The lowest BCUT2D eigenvalue weighted by Gasteiger charge is -2.12. The van der Waals surface area contributed by atoms with Gasteiger partial charge < -0.3 is 10.5 Å². The Morgan fingerprint density at radius 1 is 1.25 bits per heavy atom. The van der Waals surface area contributed by atoms with Crippen LogP contribution in [0.3, 0.4) is 0 Å². The Bertz CT molecular complexity index is 321. The van der Waals surface area contributed by atoms with E-state index >= 15 is 0 Å². The first-order valence-electron chi connectivity index (χ1n) is 4.93. The fourth-order valence-electron chi connectivity index (χ4n) is 1.05. The maximum Gasteiger partial charge on any atom is 0.416 e. The minimum atomic E-state index is -4.30. The first-order valence-corrected chi connectivity index (χ1v) is 4.93. The smallest absolute Gasteiger partial charge is 0.416 e. The van der Waals surface area contributed by atoms with Crippen LogP contribution in [0.25, 0.3) is 0 Å². The number of alkyl halides is 3. The molecule has 0 fully saturated rings. The normalized spacial score (nSPS) is 13.6. The minimum absolute atomic E-state index is 0.183. The van der Waals surface area contributed by atoms with Crippen molar-refractivity contribution in [2.24, 2.45) is 11.7 Å². The summed E-state index contributed by atoms with van der Waals surface area (Å²) in [4.78, 5) is 0. The van der Waals surface area contributed by atoms with Crippen molar-refractivity contribution in [3.05, 3.63) is 29.8 Å². The van der Waals surface area contributed by atoms with Gasteiger partial charge in [0.2, 0.25) is 0 Å². The zero-order valence-electron chi connectivity index (χ0n) is 8.92. The molecule has 16 heavy (non-hydrogen) atoms. The second-order valence-corrected chi connectivity index (χ2v) is 3.67. The molecule has 0 aliphatic carbocycles. The van der Waals surface area contributed by atoms with Gasteiger partial charge in [-0.3, -0.25) is 0 Å². The Kier molecular flexibility index (Phi) is 4.18. The van der Waals surface area contributed by atoms with E-state index in [1.807, 2.05) is 6.92 Å². The quantitative estimate of drug-likeness (QED) is 0.867. The molecule has 1 unspecified atom stereocenters. The molecule has 1 rings (SSSR count). The predicted molar refractivity (Wildman–Crippen MR) is 55.2 cm³/mol. The minimum Gasteiger partial charge on any atom is -0.493 e. The Balaban J connectivity index is 2.58. The maximum atomic E-state index is 12.2. The molecule has 1 atom stereocenters. The summed E-state index contributed by atoms with van der Waals surface area (Å²) in [6.07, 6.45) is -4.30. The van der Waals surface area contributed by atoms with Crippen LogP contribution in [0.5, 0.6) is 5.75 Å². The molecule has 0 spiro atoms. The van der Waals surface area contributed by atoms with E-state index < -0.39 is 11.7 Å². The van der Waals surface area contributed by atoms with Crippen LogP contribution in [0.4, 0.5) is 13.2 Å². The average molecular weight is 233 g/mol. The zero-order chi connectivity index (χ0) is 12.2. The van der Waals surface area contributed by atoms with Gasteiger partial charge in [-0.05, 0) is 30.8 Å². The van der Waals surface area contributed by atoms with Crippen molar-refractivity contribution < 1.29 is 17.9 Å². The van der Waals surface area contributed by atoms with Crippen LogP contribution in [0.15, 0.2) is 24.3 Å². The molecule has 0 aromatic heterocycles. The van der Waals surface area contributed by atoms with Crippen LogP contribution in [0.2, 0.25) is 0 Å². The fraction of sp³-hybridized carbons (Fsp3) is 0.455. The fourth-order valence-corrected chi connectivity index (χ4v) is 1.05. The molecule has 2 N–H and O–H groups in total. The molecule has 0 amide bonds. The summed E-state index contributed by atoms with van der Waals surface area (Å²) in [5.41, 5.74) is 4.71. The number of benzene rings is 1. The topological polar surface area (TPSA) is 35.2 Å². The van der Waals surface area contributed by atoms with Crippen molar-refractivity contribution >= 4 is 0 Å². The maximum absolute atomic E-state index is 12.2. The van der Waals surface area contributed by atoms with Crippen molar-refractivity contribution in [2.45, 2.75) is 13.1 Å². The number of nitrogens with two attached hydrogens (primary N) is 1. The standard InChI is InChI=1S/C11H14F3NO/c1-8(6-15)7-16-10-4-2-9(3-5-10)11(12,13)14/h2-5,8H,6-7,15H2,1H3. The van der Waals surface area contributed by atoms with Gasteiger partial charge in [0.25, 0.3) is 0 Å².